The van der Waals surface area contributed by atoms with Gasteiger partial charge in [0.1, 0.15) is 0 Å². The zero-order chi connectivity index (χ0) is 14.4. The van der Waals surface area contributed by atoms with Crippen molar-refractivity contribution in [3.05, 3.63) is 65.5 Å². The van der Waals surface area contributed by atoms with Crippen molar-refractivity contribution in [1.82, 2.24) is 5.32 Å². The van der Waals surface area contributed by atoms with Gasteiger partial charge in [0.15, 0.2) is 11.6 Å². The molecule has 0 fully saturated rings. The molecule has 4 heteroatoms. The van der Waals surface area contributed by atoms with E-state index in [1.807, 2.05) is 30.3 Å². The molecule has 0 radical (unpaired) electrons. The fourth-order valence-electron chi connectivity index (χ4n) is 2.03. The van der Waals surface area contributed by atoms with Crippen molar-refractivity contribution in [2.75, 3.05) is 13.0 Å². The van der Waals surface area contributed by atoms with E-state index in [2.05, 4.69) is 5.32 Å². The molecule has 0 aliphatic rings. The first-order valence-corrected chi connectivity index (χ1v) is 6.95. The lowest BCUT2D eigenvalue weighted by Gasteiger charge is -2.17. The van der Waals surface area contributed by atoms with Crippen LogP contribution in [0.15, 0.2) is 48.5 Å². The van der Waals surface area contributed by atoms with Gasteiger partial charge in [-0.2, -0.15) is 0 Å². The van der Waals surface area contributed by atoms with Crippen molar-refractivity contribution >= 4 is 11.6 Å². The molecule has 0 saturated carbocycles. The number of hydrogen-bond acceptors (Lipinski definition) is 2. The Morgan fingerprint density at radius 3 is 2.55 bits per heavy atom. The quantitative estimate of drug-likeness (QED) is 0.816. The van der Waals surface area contributed by atoms with E-state index in [1.165, 1.54) is 7.11 Å². The van der Waals surface area contributed by atoms with Gasteiger partial charge in [-0.3, -0.25) is 0 Å². The number of nitrogens with one attached hydrogen (secondary N) is 1. The highest BCUT2D eigenvalue weighted by atomic mass is 35.5. The molecule has 106 valence electrons. The van der Waals surface area contributed by atoms with Crippen LogP contribution in [0.3, 0.4) is 0 Å². The maximum Gasteiger partial charge on any atom is 0.169 e. The smallest absolute Gasteiger partial charge is 0.169 e. The Hall–Kier alpha value is -1.58. The molecular weight excluding hydrogens is 277 g/mol. The predicted molar refractivity (Wildman–Crippen MR) is 79.7 cm³/mol. The van der Waals surface area contributed by atoms with Crippen LogP contribution >= 0.6 is 11.6 Å². The van der Waals surface area contributed by atoms with Crippen LogP contribution in [0, 0.1) is 5.82 Å². The molecule has 2 aromatic rings. The Bertz CT molecular complexity index is 547. The van der Waals surface area contributed by atoms with Crippen LogP contribution in [-0.2, 0) is 6.54 Å². The number of ether oxygens (including phenoxy) is 1. The molecule has 1 N–H and O–H groups in total. The van der Waals surface area contributed by atoms with Crippen molar-refractivity contribution in [3.63, 3.8) is 0 Å². The van der Waals surface area contributed by atoms with E-state index in [4.69, 9.17) is 16.3 Å². The summed E-state index contributed by atoms with van der Waals surface area (Å²) < 4.78 is 19.0. The number of hydrogen-bond donors (Lipinski definition) is 1. The average molecular weight is 294 g/mol. The molecule has 0 aromatic heterocycles. The van der Waals surface area contributed by atoms with Gasteiger partial charge in [0.2, 0.25) is 0 Å². The fourth-order valence-corrected chi connectivity index (χ4v) is 2.32. The average Bonchev–Trinajstić information content (AvgIpc) is 2.50. The Morgan fingerprint density at radius 2 is 1.90 bits per heavy atom. The van der Waals surface area contributed by atoms with Crippen LogP contribution in [-0.4, -0.2) is 13.0 Å². The molecule has 2 aromatic carbocycles. The van der Waals surface area contributed by atoms with E-state index in [0.29, 0.717) is 18.0 Å². The molecule has 0 aliphatic carbocycles. The minimum absolute atomic E-state index is 0.0107. The van der Waals surface area contributed by atoms with Gasteiger partial charge in [0.05, 0.1) is 7.11 Å². The summed E-state index contributed by atoms with van der Waals surface area (Å²) in [6, 6.07) is 15.0. The Kier molecular flexibility index (Phi) is 5.39. The lowest BCUT2D eigenvalue weighted by molar-refractivity contribution is 0.382. The second-order valence-electron chi connectivity index (χ2n) is 4.43. The van der Waals surface area contributed by atoms with E-state index in [1.54, 1.807) is 18.2 Å². The van der Waals surface area contributed by atoms with Gasteiger partial charge in [-0.15, -0.1) is 11.6 Å². The van der Waals surface area contributed by atoms with Gasteiger partial charge in [0.25, 0.3) is 0 Å². The van der Waals surface area contributed by atoms with Crippen molar-refractivity contribution in [2.24, 2.45) is 0 Å². The predicted octanol–water partition coefficient (Wildman–Crippen LogP) is 3.90. The van der Waals surface area contributed by atoms with Crippen molar-refractivity contribution in [2.45, 2.75) is 12.6 Å². The monoisotopic (exact) mass is 293 g/mol. The number of methoxy groups -OCH3 is 1. The molecule has 0 heterocycles. The number of benzene rings is 2. The number of alkyl halides is 1. The van der Waals surface area contributed by atoms with Crippen LogP contribution in [0.5, 0.6) is 5.75 Å². The van der Waals surface area contributed by atoms with Gasteiger partial charge in [-0.1, -0.05) is 42.5 Å². The van der Waals surface area contributed by atoms with Gasteiger partial charge < -0.3 is 10.1 Å². The third kappa shape index (κ3) is 3.50. The van der Waals surface area contributed by atoms with E-state index >= 15 is 0 Å². The number of rotatable bonds is 6. The van der Waals surface area contributed by atoms with Crippen molar-refractivity contribution in [1.29, 1.82) is 0 Å². The molecule has 1 atom stereocenters. The van der Waals surface area contributed by atoms with Crippen LogP contribution in [0.2, 0.25) is 0 Å². The highest BCUT2D eigenvalue weighted by Gasteiger charge is 2.12. The summed E-state index contributed by atoms with van der Waals surface area (Å²) >= 11 is 5.99. The maximum atomic E-state index is 14.0. The van der Waals surface area contributed by atoms with Gasteiger partial charge >= 0.3 is 0 Å². The third-order valence-corrected chi connectivity index (χ3v) is 3.47. The Labute approximate surface area is 123 Å². The summed E-state index contributed by atoms with van der Waals surface area (Å²) in [4.78, 5) is 0. The molecule has 20 heavy (non-hydrogen) atoms. The summed E-state index contributed by atoms with van der Waals surface area (Å²) in [5.74, 6) is 0.352. The second kappa shape index (κ2) is 7.27. The standard InChI is InChI=1S/C16H17ClFNO/c1-20-15-9-5-8-13(16(15)18)11-19-14(10-17)12-6-3-2-4-7-12/h2-9,14,19H,10-11H2,1H3. The minimum Gasteiger partial charge on any atom is -0.494 e. The number of halogens is 2. The zero-order valence-electron chi connectivity index (χ0n) is 11.3. The van der Waals surface area contributed by atoms with Gasteiger partial charge in [-0.25, -0.2) is 4.39 Å². The van der Waals surface area contributed by atoms with E-state index in [9.17, 15) is 4.39 Å². The SMILES string of the molecule is COc1cccc(CNC(CCl)c2ccccc2)c1F. The summed E-state index contributed by atoms with van der Waals surface area (Å²) in [5.41, 5.74) is 1.65. The highest BCUT2D eigenvalue weighted by Crippen LogP contribution is 2.21. The van der Waals surface area contributed by atoms with Crippen LogP contribution < -0.4 is 10.1 Å². The topological polar surface area (TPSA) is 21.3 Å². The Balaban J connectivity index is 2.08. The molecule has 0 aliphatic heterocycles. The first-order valence-electron chi connectivity index (χ1n) is 6.42. The largest absolute Gasteiger partial charge is 0.494 e. The highest BCUT2D eigenvalue weighted by molar-refractivity contribution is 6.18. The molecule has 0 spiro atoms. The van der Waals surface area contributed by atoms with Gasteiger partial charge in [0, 0.05) is 24.0 Å². The molecule has 0 amide bonds. The normalized spacial score (nSPS) is 12.2. The van der Waals surface area contributed by atoms with Crippen molar-refractivity contribution < 1.29 is 9.13 Å². The van der Waals surface area contributed by atoms with Crippen molar-refractivity contribution in [3.8, 4) is 5.75 Å². The summed E-state index contributed by atoms with van der Waals surface area (Å²) in [6.45, 7) is 0.398. The lowest BCUT2D eigenvalue weighted by atomic mass is 10.1. The first kappa shape index (κ1) is 14.8. The van der Waals surface area contributed by atoms with Gasteiger partial charge in [-0.05, 0) is 11.6 Å². The second-order valence-corrected chi connectivity index (χ2v) is 4.74. The summed E-state index contributed by atoms with van der Waals surface area (Å²) in [5, 5.41) is 3.27. The molecular formula is C16H17ClFNO. The zero-order valence-corrected chi connectivity index (χ0v) is 12.0. The molecule has 2 rings (SSSR count). The minimum atomic E-state index is -0.330. The van der Waals surface area contributed by atoms with Crippen LogP contribution in [0.4, 0.5) is 4.39 Å². The fraction of sp³-hybridized carbons (Fsp3) is 0.250. The maximum absolute atomic E-state index is 14.0. The van der Waals surface area contributed by atoms with E-state index in [0.717, 1.165) is 5.56 Å². The van der Waals surface area contributed by atoms with E-state index < -0.39 is 0 Å². The molecule has 0 bridgehead atoms. The van der Waals surface area contributed by atoms with Crippen LogP contribution in [0.25, 0.3) is 0 Å². The molecule has 2 nitrogen and oxygen atoms in total. The Morgan fingerprint density at radius 1 is 1.15 bits per heavy atom. The lowest BCUT2D eigenvalue weighted by Crippen LogP contribution is -2.22. The first-order chi connectivity index (χ1) is 9.76. The molecule has 1 unspecified atom stereocenters. The third-order valence-electron chi connectivity index (χ3n) is 3.16. The van der Waals surface area contributed by atoms with Crippen LogP contribution in [0.1, 0.15) is 17.2 Å². The summed E-state index contributed by atoms with van der Waals surface area (Å²) in [6.07, 6.45) is 0. The van der Waals surface area contributed by atoms with E-state index in [-0.39, 0.29) is 17.6 Å². The molecule has 0 saturated heterocycles. The summed E-state index contributed by atoms with van der Waals surface area (Å²) in [7, 11) is 1.46.